The molecule has 0 saturated heterocycles. The van der Waals surface area contributed by atoms with Gasteiger partial charge in [0.1, 0.15) is 11.2 Å². The predicted molar refractivity (Wildman–Crippen MR) is 138 cm³/mol. The maximum absolute atomic E-state index is 14.5. The van der Waals surface area contributed by atoms with Crippen molar-refractivity contribution in [3.63, 3.8) is 0 Å². The highest BCUT2D eigenvalue weighted by Gasteiger charge is 2.27. The van der Waals surface area contributed by atoms with Crippen LogP contribution in [0.3, 0.4) is 0 Å². The van der Waals surface area contributed by atoms with Gasteiger partial charge in [-0.25, -0.2) is 18.7 Å². The van der Waals surface area contributed by atoms with E-state index in [0.717, 1.165) is 18.8 Å². The van der Waals surface area contributed by atoms with Crippen molar-refractivity contribution in [3.8, 4) is 5.69 Å². The molecule has 5 rings (SSSR count). The first-order valence-corrected chi connectivity index (χ1v) is 12.1. The van der Waals surface area contributed by atoms with Crippen molar-refractivity contribution < 1.29 is 9.50 Å². The van der Waals surface area contributed by atoms with Crippen molar-refractivity contribution in [1.82, 2.24) is 24.6 Å². The third-order valence-electron chi connectivity index (χ3n) is 6.80. The normalized spacial score (nSPS) is 15.2. The van der Waals surface area contributed by atoms with E-state index in [-0.39, 0.29) is 16.5 Å². The zero-order valence-electron chi connectivity index (χ0n) is 21.2. The van der Waals surface area contributed by atoms with Crippen LogP contribution < -0.4 is 16.2 Å². The smallest absolute Gasteiger partial charge is 0.278 e. The minimum absolute atomic E-state index is 0.0534. The van der Waals surface area contributed by atoms with Crippen molar-refractivity contribution in [1.29, 1.82) is 0 Å². The summed E-state index contributed by atoms with van der Waals surface area (Å²) in [6, 6.07) is 10.7. The van der Waals surface area contributed by atoms with Crippen LogP contribution in [-0.4, -0.2) is 31.0 Å². The number of halogens is 1. The van der Waals surface area contributed by atoms with E-state index in [1.54, 1.807) is 16.8 Å². The van der Waals surface area contributed by atoms with E-state index in [4.69, 9.17) is 0 Å². The third kappa shape index (κ3) is 4.08. The molecule has 1 aliphatic heterocycles. The first kappa shape index (κ1) is 24.1. The summed E-state index contributed by atoms with van der Waals surface area (Å²) < 4.78 is 17.7. The molecule has 0 amide bonds. The number of aliphatic hydroxyl groups is 1. The van der Waals surface area contributed by atoms with Crippen LogP contribution in [-0.2, 0) is 24.1 Å². The second-order valence-electron chi connectivity index (χ2n) is 10.5. The molecular formula is C27H31FN6O2. The SMILES string of the molecule is CCn1c(=O)c2cnc(Nc3ccc4c(c3)CNCC4(C)C)nc2n1-c1ccc(F)c(C(C)(C)O)c1. The molecule has 8 nitrogen and oxygen atoms in total. The van der Waals surface area contributed by atoms with Gasteiger partial charge in [0.15, 0.2) is 5.65 Å². The van der Waals surface area contributed by atoms with Crippen molar-refractivity contribution in [2.45, 2.75) is 58.7 Å². The van der Waals surface area contributed by atoms with Gasteiger partial charge >= 0.3 is 0 Å². The number of nitrogens with zero attached hydrogens (tertiary/aromatic N) is 4. The lowest BCUT2D eigenvalue weighted by molar-refractivity contribution is 0.0745. The van der Waals surface area contributed by atoms with Crippen LogP contribution in [0.2, 0.25) is 0 Å². The molecule has 0 bridgehead atoms. The molecule has 9 heteroatoms. The van der Waals surface area contributed by atoms with E-state index in [9.17, 15) is 14.3 Å². The Labute approximate surface area is 208 Å². The van der Waals surface area contributed by atoms with Crippen LogP contribution in [0.4, 0.5) is 16.0 Å². The molecule has 0 atom stereocenters. The molecule has 0 radical (unpaired) electrons. The lowest BCUT2D eigenvalue weighted by Crippen LogP contribution is -2.38. The summed E-state index contributed by atoms with van der Waals surface area (Å²) in [4.78, 5) is 22.2. The summed E-state index contributed by atoms with van der Waals surface area (Å²) in [7, 11) is 0. The second kappa shape index (κ2) is 8.53. The highest BCUT2D eigenvalue weighted by molar-refractivity contribution is 5.77. The minimum Gasteiger partial charge on any atom is -0.386 e. The summed E-state index contributed by atoms with van der Waals surface area (Å²) in [5.74, 6) is -0.174. The van der Waals surface area contributed by atoms with Gasteiger partial charge in [-0.1, -0.05) is 19.9 Å². The summed E-state index contributed by atoms with van der Waals surface area (Å²) in [6.45, 7) is 11.4. The van der Waals surface area contributed by atoms with Crippen LogP contribution in [0.15, 0.2) is 47.4 Å². The topological polar surface area (TPSA) is 97.0 Å². The summed E-state index contributed by atoms with van der Waals surface area (Å²) in [5.41, 5.74) is 2.86. The lowest BCUT2D eigenvalue weighted by Gasteiger charge is -2.33. The van der Waals surface area contributed by atoms with E-state index < -0.39 is 11.4 Å². The fourth-order valence-corrected chi connectivity index (χ4v) is 4.96. The molecule has 0 saturated carbocycles. The molecular weight excluding hydrogens is 459 g/mol. The number of hydrogen-bond donors (Lipinski definition) is 3. The first-order valence-electron chi connectivity index (χ1n) is 12.1. The van der Waals surface area contributed by atoms with Gasteiger partial charge in [0.25, 0.3) is 5.56 Å². The maximum Gasteiger partial charge on any atom is 0.278 e. The number of anilines is 2. The molecule has 2 aromatic carbocycles. The third-order valence-corrected chi connectivity index (χ3v) is 6.80. The van der Waals surface area contributed by atoms with Gasteiger partial charge in [-0.3, -0.25) is 4.79 Å². The van der Waals surface area contributed by atoms with E-state index in [1.807, 2.05) is 13.0 Å². The highest BCUT2D eigenvalue weighted by atomic mass is 19.1. The van der Waals surface area contributed by atoms with Crippen molar-refractivity contribution in [2.24, 2.45) is 0 Å². The Morgan fingerprint density at radius 3 is 2.72 bits per heavy atom. The van der Waals surface area contributed by atoms with Gasteiger partial charge < -0.3 is 15.7 Å². The van der Waals surface area contributed by atoms with Crippen LogP contribution in [0.1, 0.15) is 51.3 Å². The second-order valence-corrected chi connectivity index (χ2v) is 10.5. The minimum atomic E-state index is -1.39. The molecule has 0 fully saturated rings. The fraction of sp³-hybridized carbons (Fsp3) is 0.370. The molecule has 3 N–H and O–H groups in total. The molecule has 188 valence electrons. The number of rotatable bonds is 5. The van der Waals surface area contributed by atoms with Crippen molar-refractivity contribution in [3.05, 3.63) is 75.5 Å². The molecule has 36 heavy (non-hydrogen) atoms. The van der Waals surface area contributed by atoms with Gasteiger partial charge in [-0.2, -0.15) is 4.98 Å². The van der Waals surface area contributed by atoms with E-state index in [1.165, 1.54) is 41.9 Å². The van der Waals surface area contributed by atoms with Crippen LogP contribution in [0.5, 0.6) is 0 Å². The quantitative estimate of drug-likeness (QED) is 0.390. The highest BCUT2D eigenvalue weighted by Crippen LogP contribution is 2.32. The number of hydrogen-bond acceptors (Lipinski definition) is 6. The van der Waals surface area contributed by atoms with Gasteiger partial charge in [0.2, 0.25) is 5.95 Å². The van der Waals surface area contributed by atoms with Gasteiger partial charge in [-0.05, 0) is 62.2 Å². The summed E-state index contributed by atoms with van der Waals surface area (Å²) >= 11 is 0. The van der Waals surface area contributed by atoms with E-state index >= 15 is 0 Å². The number of fused-ring (bicyclic) bond motifs is 2. The maximum atomic E-state index is 14.5. The monoisotopic (exact) mass is 490 g/mol. The van der Waals surface area contributed by atoms with Crippen molar-refractivity contribution >= 4 is 22.7 Å². The van der Waals surface area contributed by atoms with Crippen molar-refractivity contribution in [2.75, 3.05) is 11.9 Å². The molecule has 0 unspecified atom stereocenters. The molecule has 4 aromatic rings. The molecule has 0 aliphatic carbocycles. The van der Waals surface area contributed by atoms with Crippen LogP contribution >= 0.6 is 0 Å². The van der Waals surface area contributed by atoms with Gasteiger partial charge in [0, 0.05) is 42.5 Å². The average Bonchev–Trinajstić information content (AvgIpc) is 3.09. The number of aromatic nitrogens is 4. The van der Waals surface area contributed by atoms with Crippen LogP contribution in [0, 0.1) is 5.82 Å². The van der Waals surface area contributed by atoms with E-state index in [0.29, 0.717) is 29.2 Å². The largest absolute Gasteiger partial charge is 0.386 e. The zero-order valence-corrected chi connectivity index (χ0v) is 21.2. The van der Waals surface area contributed by atoms with Crippen LogP contribution in [0.25, 0.3) is 16.7 Å². The Balaban J connectivity index is 1.60. The molecule has 0 spiro atoms. The molecule has 1 aliphatic rings. The lowest BCUT2D eigenvalue weighted by atomic mass is 9.79. The van der Waals surface area contributed by atoms with E-state index in [2.05, 4.69) is 46.6 Å². The first-order chi connectivity index (χ1) is 17.0. The molecule has 2 aromatic heterocycles. The molecule has 3 heterocycles. The van der Waals surface area contributed by atoms with Gasteiger partial charge in [-0.15, -0.1) is 0 Å². The summed E-state index contributed by atoms with van der Waals surface area (Å²) in [5, 5.41) is 17.5. The Bertz CT molecular complexity index is 1530. The zero-order chi connectivity index (χ0) is 25.8. The Morgan fingerprint density at radius 2 is 2.00 bits per heavy atom. The average molecular weight is 491 g/mol. The number of nitrogens with one attached hydrogen (secondary N) is 2. The Kier molecular flexibility index (Phi) is 5.72. The number of benzene rings is 2. The van der Waals surface area contributed by atoms with Gasteiger partial charge in [0.05, 0.1) is 11.3 Å². The summed E-state index contributed by atoms with van der Waals surface area (Å²) in [6.07, 6.45) is 1.51. The Morgan fingerprint density at radius 1 is 1.22 bits per heavy atom. The Hall–Kier alpha value is -3.56. The predicted octanol–water partition coefficient (Wildman–Crippen LogP) is 4.09. The fourth-order valence-electron chi connectivity index (χ4n) is 4.96. The standard InChI is InChI=1S/C27H31FN6O2/c1-6-33-24(35)19-14-30-25(31-17-7-9-20-16(11-17)13-29-15-26(20,2)3)32-23(19)34(33)18-8-10-22(28)21(12-18)27(4,5)36/h7-12,14,29,36H,6,13,15H2,1-5H3,(H,30,31,32).